The average molecular weight is 485 g/mol. The van der Waals surface area contributed by atoms with E-state index in [2.05, 4.69) is 10.3 Å². The molecule has 8 nitrogen and oxygen atoms in total. The second-order valence-corrected chi connectivity index (χ2v) is 9.57. The van der Waals surface area contributed by atoms with Gasteiger partial charge in [0.2, 0.25) is 5.91 Å². The number of ether oxygens (including phenoxy) is 1. The molecule has 5 rings (SSSR count). The molecule has 3 heterocycles. The van der Waals surface area contributed by atoms with E-state index in [0.717, 1.165) is 39.3 Å². The van der Waals surface area contributed by atoms with E-state index < -0.39 is 5.60 Å². The lowest BCUT2D eigenvalue weighted by Crippen LogP contribution is -2.30. The number of amides is 1. The summed E-state index contributed by atoms with van der Waals surface area (Å²) < 4.78 is 12.0. The number of hydrogen-bond acceptors (Lipinski definition) is 6. The lowest BCUT2D eigenvalue weighted by atomic mass is 10.0. The Hall–Kier alpha value is -4.17. The number of rotatable bonds is 7. The number of hydrogen-bond donors (Lipinski definition) is 1. The van der Waals surface area contributed by atoms with E-state index >= 15 is 0 Å². The van der Waals surface area contributed by atoms with Gasteiger partial charge in [-0.1, -0.05) is 29.4 Å². The third-order valence-corrected chi connectivity index (χ3v) is 6.08. The topological polar surface area (TPSA) is 93.6 Å². The van der Waals surface area contributed by atoms with Crippen molar-refractivity contribution < 1.29 is 19.2 Å². The van der Waals surface area contributed by atoms with Gasteiger partial charge in [0.1, 0.15) is 17.7 Å². The fourth-order valence-electron chi connectivity index (χ4n) is 4.34. The normalized spacial score (nSPS) is 13.8. The molecular weight excluding hydrogens is 456 g/mol. The lowest BCUT2D eigenvalue weighted by Gasteiger charge is -2.24. The molecule has 0 aliphatic carbocycles. The van der Waals surface area contributed by atoms with Gasteiger partial charge in [0.05, 0.1) is 44.1 Å². The van der Waals surface area contributed by atoms with Gasteiger partial charge in [0, 0.05) is 17.8 Å². The third-order valence-electron chi connectivity index (χ3n) is 6.08. The number of benzene rings is 2. The van der Waals surface area contributed by atoms with Gasteiger partial charge in [-0.15, -0.1) is 0 Å². The summed E-state index contributed by atoms with van der Waals surface area (Å²) in [6, 6.07) is 15.5. The SMILES string of the molecule is COc1ccc(CN2C(=O)CC(c3ccon3)=Cc3ccc(-c4cnn(CC(C)(C)O)c4)cc32)cc1. The zero-order valence-electron chi connectivity index (χ0n) is 20.5. The number of carbonyl (C=O) groups is 1. The third kappa shape index (κ3) is 5.08. The first-order valence-electron chi connectivity index (χ1n) is 11.7. The molecule has 0 bridgehead atoms. The van der Waals surface area contributed by atoms with Crippen LogP contribution in [0.2, 0.25) is 0 Å². The quantitative estimate of drug-likeness (QED) is 0.405. The van der Waals surface area contributed by atoms with Gasteiger partial charge in [-0.05, 0) is 60.4 Å². The van der Waals surface area contributed by atoms with Gasteiger partial charge >= 0.3 is 0 Å². The summed E-state index contributed by atoms with van der Waals surface area (Å²) in [5.74, 6) is 0.732. The molecule has 8 heteroatoms. The van der Waals surface area contributed by atoms with Crippen molar-refractivity contribution in [2.45, 2.75) is 39.0 Å². The van der Waals surface area contributed by atoms with Crippen LogP contribution in [0.15, 0.2) is 71.7 Å². The molecule has 1 aliphatic rings. The summed E-state index contributed by atoms with van der Waals surface area (Å²) in [5.41, 5.74) is 5.13. The van der Waals surface area contributed by atoms with E-state index in [0.29, 0.717) is 18.8 Å². The molecule has 4 aromatic rings. The summed E-state index contributed by atoms with van der Waals surface area (Å²) in [5, 5.41) is 18.6. The monoisotopic (exact) mass is 484 g/mol. The highest BCUT2D eigenvalue weighted by Crippen LogP contribution is 2.36. The second-order valence-electron chi connectivity index (χ2n) is 9.57. The van der Waals surface area contributed by atoms with Gasteiger partial charge < -0.3 is 19.3 Å². The molecule has 1 aliphatic heterocycles. The van der Waals surface area contributed by atoms with Crippen molar-refractivity contribution >= 4 is 23.2 Å². The van der Waals surface area contributed by atoms with Crippen molar-refractivity contribution in [3.8, 4) is 16.9 Å². The molecule has 0 spiro atoms. The Morgan fingerprint density at radius 2 is 1.92 bits per heavy atom. The second kappa shape index (κ2) is 9.47. The maximum Gasteiger partial charge on any atom is 0.231 e. The van der Waals surface area contributed by atoms with Crippen molar-refractivity contribution in [2.75, 3.05) is 12.0 Å². The van der Waals surface area contributed by atoms with E-state index in [1.165, 1.54) is 6.26 Å². The Bertz CT molecular complexity index is 1400. The van der Waals surface area contributed by atoms with Crippen molar-refractivity contribution in [1.82, 2.24) is 14.9 Å². The van der Waals surface area contributed by atoms with Crippen LogP contribution in [0.3, 0.4) is 0 Å². The number of aromatic nitrogens is 3. The number of aliphatic hydroxyl groups is 1. The van der Waals surface area contributed by atoms with Crippen LogP contribution in [-0.2, 0) is 17.9 Å². The van der Waals surface area contributed by atoms with Gasteiger partial charge in [-0.25, -0.2) is 0 Å². The maximum atomic E-state index is 13.6. The largest absolute Gasteiger partial charge is 0.497 e. The number of nitrogens with zero attached hydrogens (tertiary/aromatic N) is 4. The van der Waals surface area contributed by atoms with Gasteiger partial charge in [0.15, 0.2) is 0 Å². The summed E-state index contributed by atoms with van der Waals surface area (Å²) in [6.07, 6.45) is 7.39. The Morgan fingerprint density at radius 1 is 1.11 bits per heavy atom. The summed E-state index contributed by atoms with van der Waals surface area (Å²) in [7, 11) is 1.63. The van der Waals surface area contributed by atoms with Crippen LogP contribution < -0.4 is 9.64 Å². The van der Waals surface area contributed by atoms with Crippen LogP contribution in [-0.4, -0.2) is 38.7 Å². The minimum atomic E-state index is -0.874. The number of anilines is 1. The molecule has 0 unspecified atom stereocenters. The van der Waals surface area contributed by atoms with Crippen LogP contribution in [0.5, 0.6) is 5.75 Å². The Labute approximate surface area is 209 Å². The fraction of sp³-hybridized carbons (Fsp3) is 0.250. The van der Waals surface area contributed by atoms with E-state index in [-0.39, 0.29) is 12.3 Å². The Kier molecular flexibility index (Phi) is 6.20. The Morgan fingerprint density at radius 3 is 2.61 bits per heavy atom. The molecule has 1 N–H and O–H groups in total. The molecule has 0 fully saturated rings. The van der Waals surface area contributed by atoms with Gasteiger partial charge in [-0.3, -0.25) is 9.48 Å². The van der Waals surface area contributed by atoms with E-state index in [4.69, 9.17) is 9.26 Å². The molecule has 0 radical (unpaired) electrons. The zero-order valence-corrected chi connectivity index (χ0v) is 20.5. The predicted molar refractivity (Wildman–Crippen MR) is 137 cm³/mol. The zero-order chi connectivity index (χ0) is 25.3. The summed E-state index contributed by atoms with van der Waals surface area (Å²) in [4.78, 5) is 15.4. The highest BCUT2D eigenvalue weighted by Gasteiger charge is 2.26. The highest BCUT2D eigenvalue weighted by atomic mass is 16.5. The highest BCUT2D eigenvalue weighted by molar-refractivity contribution is 6.07. The van der Waals surface area contributed by atoms with E-state index in [1.807, 2.05) is 59.6 Å². The van der Waals surface area contributed by atoms with Crippen LogP contribution in [0.1, 0.15) is 37.1 Å². The van der Waals surface area contributed by atoms with Gasteiger partial charge in [0.25, 0.3) is 0 Å². The lowest BCUT2D eigenvalue weighted by molar-refractivity contribution is -0.117. The van der Waals surface area contributed by atoms with E-state index in [1.54, 1.807) is 37.9 Å². The predicted octanol–water partition coefficient (Wildman–Crippen LogP) is 4.80. The van der Waals surface area contributed by atoms with E-state index in [9.17, 15) is 9.90 Å². The number of carbonyl (C=O) groups excluding carboxylic acids is 1. The number of fused-ring (bicyclic) bond motifs is 1. The molecule has 184 valence electrons. The molecular formula is C28H28N4O4. The number of methoxy groups -OCH3 is 1. The summed E-state index contributed by atoms with van der Waals surface area (Å²) >= 11 is 0. The first-order chi connectivity index (χ1) is 17.3. The first kappa shape index (κ1) is 23.6. The average Bonchev–Trinajstić information content (AvgIpc) is 3.52. The molecule has 36 heavy (non-hydrogen) atoms. The molecule has 0 atom stereocenters. The standard InChI is InChI=1S/C28H28N4O4/c1-28(2,34)18-31-17-23(15-29-31)20-6-7-21-12-22(25-10-11-36-30-25)14-27(33)32(26(21)13-20)16-19-4-8-24(35-3)9-5-19/h4-13,15,17,34H,14,16,18H2,1-3H3. The molecule has 1 amide bonds. The smallest absolute Gasteiger partial charge is 0.231 e. The minimum absolute atomic E-state index is 0.0336. The fourth-order valence-corrected chi connectivity index (χ4v) is 4.34. The maximum absolute atomic E-state index is 13.6. The van der Waals surface area contributed by atoms with Crippen LogP contribution >= 0.6 is 0 Å². The molecule has 2 aromatic heterocycles. The van der Waals surface area contributed by atoms with Crippen molar-refractivity contribution in [3.63, 3.8) is 0 Å². The van der Waals surface area contributed by atoms with Crippen molar-refractivity contribution in [2.24, 2.45) is 0 Å². The van der Waals surface area contributed by atoms with Crippen molar-refractivity contribution in [1.29, 1.82) is 0 Å². The molecule has 0 saturated heterocycles. The molecule has 0 saturated carbocycles. The minimum Gasteiger partial charge on any atom is -0.497 e. The van der Waals surface area contributed by atoms with Gasteiger partial charge in [-0.2, -0.15) is 5.10 Å². The Balaban J connectivity index is 1.55. The summed E-state index contributed by atoms with van der Waals surface area (Å²) in [6.45, 7) is 4.29. The van der Waals surface area contributed by atoms with Crippen molar-refractivity contribution in [3.05, 3.63) is 84.0 Å². The first-order valence-corrected chi connectivity index (χ1v) is 11.7. The van der Waals surface area contributed by atoms with Crippen LogP contribution in [0, 0.1) is 0 Å². The van der Waals surface area contributed by atoms with Crippen LogP contribution in [0.25, 0.3) is 22.8 Å². The van der Waals surface area contributed by atoms with Crippen LogP contribution in [0.4, 0.5) is 5.69 Å². The molecule has 2 aromatic carbocycles.